The van der Waals surface area contributed by atoms with Gasteiger partial charge in [0, 0.05) is 0 Å². The lowest BCUT2D eigenvalue weighted by Crippen LogP contribution is -1.62. The molecule has 0 radical (unpaired) electrons. The molecule has 1 rings (SSSR count). The van der Waals surface area contributed by atoms with Crippen molar-refractivity contribution >= 4 is 6.21 Å². The van der Waals surface area contributed by atoms with Crippen molar-refractivity contribution in [3.63, 3.8) is 0 Å². The molecule has 0 N–H and O–H groups in total. The Balaban J connectivity index is 2.67. The normalized spacial score (nSPS) is 32.0. The molecule has 1 aliphatic heterocycles. The molecule has 40 valence electrons. The highest BCUT2D eigenvalue weighted by Gasteiger charge is 1.67. The van der Waals surface area contributed by atoms with E-state index in [1.165, 1.54) is 0 Å². The number of hydrogen-bond acceptors (Lipinski definition) is 3. The zero-order valence-corrected chi connectivity index (χ0v) is 4.23. The van der Waals surface area contributed by atoms with Gasteiger partial charge in [-0.1, -0.05) is 6.08 Å². The highest BCUT2D eigenvalue weighted by Crippen LogP contribution is 1.84. The third-order valence-corrected chi connectivity index (χ3v) is 0.631. The van der Waals surface area contributed by atoms with Crippen LogP contribution in [0.15, 0.2) is 39.9 Å². The van der Waals surface area contributed by atoms with Crippen molar-refractivity contribution in [2.75, 3.05) is 0 Å². The zero-order valence-electron chi connectivity index (χ0n) is 4.23. The number of allylic oxidation sites excluding steroid dienone is 3. The van der Waals surface area contributed by atoms with Gasteiger partial charge in [0.2, 0.25) is 0 Å². The summed E-state index contributed by atoms with van der Waals surface area (Å²) in [7, 11) is 0. The summed E-state index contributed by atoms with van der Waals surface area (Å²) in [6, 6.07) is 0. The lowest BCUT2D eigenvalue weighted by Gasteiger charge is -1.75. The lowest BCUT2D eigenvalue weighted by molar-refractivity contribution is 1.06. The van der Waals surface area contributed by atoms with Crippen molar-refractivity contribution in [3.05, 3.63) is 24.4 Å². The fourth-order valence-electron chi connectivity index (χ4n) is 0.330. The van der Waals surface area contributed by atoms with Crippen LogP contribution in [0.4, 0.5) is 0 Å². The van der Waals surface area contributed by atoms with Gasteiger partial charge in [-0.05, 0) is 17.4 Å². The fraction of sp³-hybridized carbons (Fsp3) is 0. The lowest BCUT2D eigenvalue weighted by atomic mass is 10.5. The third kappa shape index (κ3) is 1.47. The SMILES string of the molecule is C1=C\C=N/N=N\C=C/1. The Hall–Kier alpha value is -1.25. The second-order valence-corrected chi connectivity index (χ2v) is 1.20. The van der Waals surface area contributed by atoms with E-state index in [1.54, 1.807) is 24.6 Å². The monoisotopic (exact) mass is 107 g/mol. The molecule has 0 unspecified atom stereocenters. The standard InChI is InChI=1S/C5H5N3/c1-2-4-6-8-7-5-3-1/h1-5H/b2-1-,3-1?,4-2?,5-3-,6-4-,7-5?,8-6?,8-7-. The summed E-state index contributed by atoms with van der Waals surface area (Å²) in [6.45, 7) is 0. The second-order valence-electron chi connectivity index (χ2n) is 1.20. The van der Waals surface area contributed by atoms with Gasteiger partial charge in [0.05, 0.1) is 12.4 Å². The van der Waals surface area contributed by atoms with Gasteiger partial charge >= 0.3 is 0 Å². The quantitative estimate of drug-likeness (QED) is 0.450. The Morgan fingerprint density at radius 2 is 2.00 bits per heavy atom. The van der Waals surface area contributed by atoms with E-state index in [1.807, 2.05) is 6.08 Å². The molecule has 0 fully saturated rings. The van der Waals surface area contributed by atoms with Crippen LogP contribution in [0, 0.1) is 0 Å². The molecule has 0 aromatic rings. The molecule has 0 saturated heterocycles. The molecule has 3 heteroatoms. The molecule has 8 heavy (non-hydrogen) atoms. The summed E-state index contributed by atoms with van der Waals surface area (Å²) in [6.07, 6.45) is 8.56. The van der Waals surface area contributed by atoms with Gasteiger partial charge in [-0.25, -0.2) is 0 Å². The van der Waals surface area contributed by atoms with Gasteiger partial charge in [0.25, 0.3) is 0 Å². The van der Waals surface area contributed by atoms with Gasteiger partial charge in [-0.2, -0.15) is 0 Å². The molecule has 0 amide bonds. The molecule has 1 aliphatic rings. The predicted molar refractivity (Wildman–Crippen MR) is 31.6 cm³/mol. The van der Waals surface area contributed by atoms with Crippen molar-refractivity contribution in [1.29, 1.82) is 0 Å². The van der Waals surface area contributed by atoms with Crippen LogP contribution >= 0.6 is 0 Å². The minimum absolute atomic E-state index is 1.58. The molecule has 0 spiro atoms. The summed E-state index contributed by atoms with van der Waals surface area (Å²) in [4.78, 5) is 0. The average Bonchev–Trinajstić information content (AvgIpc) is 1.62. The maximum atomic E-state index is 3.53. The molecule has 3 nitrogen and oxygen atoms in total. The molecule has 0 bridgehead atoms. The largest absolute Gasteiger partial charge is 0.139 e. The second kappa shape index (κ2) is 2.85. The van der Waals surface area contributed by atoms with Gasteiger partial charge < -0.3 is 0 Å². The Morgan fingerprint density at radius 1 is 1.00 bits per heavy atom. The molecular formula is C5H5N3. The Kier molecular flexibility index (Phi) is 1.74. The van der Waals surface area contributed by atoms with Crippen LogP contribution in [0.5, 0.6) is 0 Å². The Morgan fingerprint density at radius 3 is 3.00 bits per heavy atom. The van der Waals surface area contributed by atoms with E-state index in [2.05, 4.69) is 15.4 Å². The molecular weight excluding hydrogens is 102 g/mol. The molecule has 1 heterocycles. The van der Waals surface area contributed by atoms with Crippen LogP contribution in [-0.4, -0.2) is 6.21 Å². The molecule has 0 aromatic carbocycles. The van der Waals surface area contributed by atoms with Gasteiger partial charge in [0.1, 0.15) is 0 Å². The minimum Gasteiger partial charge on any atom is -0.139 e. The van der Waals surface area contributed by atoms with E-state index in [4.69, 9.17) is 0 Å². The zero-order chi connectivity index (χ0) is 5.66. The summed E-state index contributed by atoms with van der Waals surface area (Å²) in [5, 5.41) is 10.4. The topological polar surface area (TPSA) is 37.1 Å². The number of hydrogen-bond donors (Lipinski definition) is 0. The smallest absolute Gasteiger partial charge is 0.0513 e. The van der Waals surface area contributed by atoms with Crippen molar-refractivity contribution < 1.29 is 0 Å². The van der Waals surface area contributed by atoms with Gasteiger partial charge in [-0.15, -0.1) is 10.2 Å². The highest BCUT2D eigenvalue weighted by atomic mass is 15.3. The van der Waals surface area contributed by atoms with Crippen molar-refractivity contribution in [1.82, 2.24) is 0 Å². The molecule has 0 atom stereocenters. The first-order chi connectivity index (χ1) is 4.00. The van der Waals surface area contributed by atoms with Gasteiger partial charge in [-0.3, -0.25) is 0 Å². The molecule has 0 aromatic heterocycles. The van der Waals surface area contributed by atoms with Crippen molar-refractivity contribution in [3.8, 4) is 0 Å². The van der Waals surface area contributed by atoms with E-state index in [9.17, 15) is 0 Å². The summed E-state index contributed by atoms with van der Waals surface area (Å²) < 4.78 is 0. The number of nitrogens with zero attached hydrogens (tertiary/aromatic N) is 3. The predicted octanol–water partition coefficient (Wildman–Crippen LogP) is 1.51. The van der Waals surface area contributed by atoms with Gasteiger partial charge in [0.15, 0.2) is 0 Å². The third-order valence-electron chi connectivity index (χ3n) is 0.631. The first kappa shape index (κ1) is 4.90. The maximum absolute atomic E-state index is 3.53. The van der Waals surface area contributed by atoms with E-state index in [-0.39, 0.29) is 0 Å². The first-order valence-electron chi connectivity index (χ1n) is 2.25. The van der Waals surface area contributed by atoms with Crippen LogP contribution in [0.3, 0.4) is 0 Å². The van der Waals surface area contributed by atoms with E-state index in [0.717, 1.165) is 0 Å². The highest BCUT2D eigenvalue weighted by molar-refractivity contribution is 5.71. The summed E-state index contributed by atoms with van der Waals surface area (Å²) >= 11 is 0. The Bertz CT molecular complexity index is 109. The van der Waals surface area contributed by atoms with E-state index in [0.29, 0.717) is 0 Å². The van der Waals surface area contributed by atoms with Crippen molar-refractivity contribution in [2.45, 2.75) is 0 Å². The summed E-state index contributed by atoms with van der Waals surface area (Å²) in [5.41, 5.74) is 0. The summed E-state index contributed by atoms with van der Waals surface area (Å²) in [5.74, 6) is 0. The fourth-order valence-corrected chi connectivity index (χ4v) is 0.330. The van der Waals surface area contributed by atoms with Crippen LogP contribution < -0.4 is 0 Å². The van der Waals surface area contributed by atoms with Crippen LogP contribution in [0.1, 0.15) is 0 Å². The van der Waals surface area contributed by atoms with Crippen molar-refractivity contribution in [2.24, 2.45) is 15.4 Å². The number of rotatable bonds is 0. The first-order valence-corrected chi connectivity index (χ1v) is 2.25. The van der Waals surface area contributed by atoms with E-state index >= 15 is 0 Å². The molecule has 0 saturated carbocycles. The average molecular weight is 107 g/mol. The van der Waals surface area contributed by atoms with Crippen LogP contribution in [0.2, 0.25) is 0 Å². The molecule has 0 aliphatic carbocycles. The minimum atomic E-state index is 1.58. The van der Waals surface area contributed by atoms with Crippen LogP contribution in [0.25, 0.3) is 0 Å². The Labute approximate surface area is 47.1 Å². The maximum Gasteiger partial charge on any atom is 0.0513 e. The van der Waals surface area contributed by atoms with Crippen LogP contribution in [-0.2, 0) is 0 Å². The van der Waals surface area contributed by atoms with E-state index < -0.39 is 0 Å².